The second-order valence-electron chi connectivity index (χ2n) is 1.88. The second-order valence-corrected chi connectivity index (χ2v) is 3.82. The maximum absolute atomic E-state index is 10.7. The summed E-state index contributed by atoms with van der Waals surface area (Å²) in [5, 5.41) is 0.774. The molecule has 0 N–H and O–H groups in total. The fourth-order valence-electron chi connectivity index (χ4n) is 0.401. The van der Waals surface area contributed by atoms with Crippen molar-refractivity contribution >= 4 is 37.8 Å². The third-order valence-electron chi connectivity index (χ3n) is 0.877. The molecule has 0 fully saturated rings. The van der Waals surface area contributed by atoms with Gasteiger partial charge in [0, 0.05) is 11.4 Å². The highest BCUT2D eigenvalue weighted by Crippen LogP contribution is 2.03. The number of alkyl halides is 2. The lowest BCUT2D eigenvalue weighted by Crippen LogP contribution is -2.12. The smallest absolute Gasteiger partial charge is 0.330 e. The molecule has 0 aliphatic heterocycles. The lowest BCUT2D eigenvalue weighted by Gasteiger charge is -2.04. The van der Waals surface area contributed by atoms with E-state index in [4.69, 9.17) is 4.74 Å². The first kappa shape index (κ1) is 11.2. The zero-order valence-corrected chi connectivity index (χ0v) is 9.39. The van der Waals surface area contributed by atoms with Crippen LogP contribution in [0.2, 0.25) is 0 Å². The number of hydrogen-bond donors (Lipinski definition) is 0. The van der Waals surface area contributed by atoms with Crippen LogP contribution in [0.25, 0.3) is 0 Å². The summed E-state index contributed by atoms with van der Waals surface area (Å²) in [5.41, 5.74) is 0. The van der Waals surface area contributed by atoms with Crippen LogP contribution in [0.5, 0.6) is 0 Å². The molecule has 0 amide bonds. The molecule has 0 saturated heterocycles. The fourth-order valence-corrected chi connectivity index (χ4v) is 0.720. The van der Waals surface area contributed by atoms with Gasteiger partial charge in [0.2, 0.25) is 0 Å². The third-order valence-corrected chi connectivity index (χ3v) is 3.12. The van der Waals surface area contributed by atoms with E-state index in [0.29, 0.717) is 6.61 Å². The summed E-state index contributed by atoms with van der Waals surface area (Å²) in [7, 11) is 0. The van der Waals surface area contributed by atoms with Gasteiger partial charge < -0.3 is 4.74 Å². The molecule has 0 saturated carbocycles. The van der Waals surface area contributed by atoms with Gasteiger partial charge in [0.1, 0.15) is 6.61 Å². The Morgan fingerprint density at radius 2 is 2.36 bits per heavy atom. The van der Waals surface area contributed by atoms with E-state index in [0.717, 1.165) is 5.33 Å². The largest absolute Gasteiger partial charge is 0.461 e. The van der Waals surface area contributed by atoms with Gasteiger partial charge in [-0.25, -0.2) is 4.79 Å². The Bertz CT molecular complexity index is 145. The summed E-state index contributed by atoms with van der Waals surface area (Å²) >= 11 is 6.56. The van der Waals surface area contributed by atoms with Crippen LogP contribution in [-0.4, -0.2) is 22.7 Å². The molecule has 4 heteroatoms. The van der Waals surface area contributed by atoms with Crippen molar-refractivity contribution in [1.29, 1.82) is 0 Å². The third kappa shape index (κ3) is 6.56. The standard InChI is InChI=1S/C7H10Br2O2/c1-2-3-7(10)11-5-6(9)4-8/h2-3,6H,4-5H2,1H3/b3-2+/t6-/m0/s1. The van der Waals surface area contributed by atoms with Gasteiger partial charge in [0.05, 0.1) is 4.83 Å². The van der Waals surface area contributed by atoms with Gasteiger partial charge in [-0.3, -0.25) is 0 Å². The molecule has 0 aromatic heterocycles. The summed E-state index contributed by atoms with van der Waals surface area (Å²) in [6, 6.07) is 0. The Morgan fingerprint density at radius 3 is 2.82 bits per heavy atom. The van der Waals surface area contributed by atoms with Gasteiger partial charge in [-0.15, -0.1) is 0 Å². The zero-order valence-electron chi connectivity index (χ0n) is 6.22. The van der Waals surface area contributed by atoms with Gasteiger partial charge >= 0.3 is 5.97 Å². The Balaban J connectivity index is 3.45. The van der Waals surface area contributed by atoms with Gasteiger partial charge in [0.25, 0.3) is 0 Å². The summed E-state index contributed by atoms with van der Waals surface area (Å²) in [6.45, 7) is 2.17. The van der Waals surface area contributed by atoms with Crippen molar-refractivity contribution in [2.45, 2.75) is 11.8 Å². The minimum Gasteiger partial charge on any atom is -0.461 e. The van der Waals surface area contributed by atoms with Crippen LogP contribution in [0.15, 0.2) is 12.2 Å². The molecule has 0 aliphatic rings. The fraction of sp³-hybridized carbons (Fsp3) is 0.571. The first-order valence-electron chi connectivity index (χ1n) is 3.20. The summed E-state index contributed by atoms with van der Waals surface area (Å²) in [6.07, 6.45) is 3.05. The van der Waals surface area contributed by atoms with Crippen molar-refractivity contribution in [3.63, 3.8) is 0 Å². The Morgan fingerprint density at radius 1 is 1.73 bits per heavy atom. The highest BCUT2D eigenvalue weighted by atomic mass is 79.9. The minimum absolute atomic E-state index is 0.191. The second kappa shape index (κ2) is 6.85. The van der Waals surface area contributed by atoms with Gasteiger partial charge in [-0.1, -0.05) is 37.9 Å². The van der Waals surface area contributed by atoms with E-state index in [1.807, 2.05) is 0 Å². The SMILES string of the molecule is C/C=C/C(=O)OC[C@@H](Br)CBr. The molecule has 0 spiro atoms. The van der Waals surface area contributed by atoms with E-state index >= 15 is 0 Å². The average Bonchev–Trinajstić information content (AvgIpc) is 2.01. The summed E-state index contributed by atoms with van der Waals surface area (Å²) < 4.78 is 4.83. The quantitative estimate of drug-likeness (QED) is 0.450. The molecular formula is C7H10Br2O2. The minimum atomic E-state index is -0.294. The van der Waals surface area contributed by atoms with Crippen molar-refractivity contribution in [2.24, 2.45) is 0 Å². The number of rotatable bonds is 4. The van der Waals surface area contributed by atoms with E-state index in [2.05, 4.69) is 31.9 Å². The maximum atomic E-state index is 10.7. The van der Waals surface area contributed by atoms with Gasteiger partial charge in [-0.2, -0.15) is 0 Å². The average molecular weight is 286 g/mol. The Kier molecular flexibility index (Phi) is 6.96. The maximum Gasteiger partial charge on any atom is 0.330 e. The van der Waals surface area contributed by atoms with E-state index in [1.54, 1.807) is 13.0 Å². The number of carbonyl (C=O) groups is 1. The molecule has 0 rings (SSSR count). The molecule has 0 aromatic rings. The first-order valence-corrected chi connectivity index (χ1v) is 5.24. The monoisotopic (exact) mass is 284 g/mol. The molecule has 64 valence electrons. The van der Waals surface area contributed by atoms with Crippen LogP contribution in [0.1, 0.15) is 6.92 Å². The highest BCUT2D eigenvalue weighted by Gasteiger charge is 2.03. The lowest BCUT2D eigenvalue weighted by atomic mass is 10.5. The zero-order chi connectivity index (χ0) is 8.69. The number of allylic oxidation sites excluding steroid dienone is 1. The molecule has 0 radical (unpaired) electrons. The van der Waals surface area contributed by atoms with E-state index < -0.39 is 0 Å². The van der Waals surface area contributed by atoms with Crippen LogP contribution in [-0.2, 0) is 9.53 Å². The van der Waals surface area contributed by atoms with Crippen LogP contribution in [0, 0.1) is 0 Å². The summed E-state index contributed by atoms with van der Waals surface area (Å²) in [4.78, 5) is 10.9. The molecule has 1 atom stereocenters. The molecule has 0 heterocycles. The number of hydrogen-bond acceptors (Lipinski definition) is 2. The van der Waals surface area contributed by atoms with Crippen LogP contribution >= 0.6 is 31.9 Å². The van der Waals surface area contributed by atoms with Crippen molar-refractivity contribution in [2.75, 3.05) is 11.9 Å². The number of carbonyl (C=O) groups excluding carboxylic acids is 1. The Labute approximate surface area is 83.2 Å². The number of ether oxygens (including phenoxy) is 1. The molecule has 11 heavy (non-hydrogen) atoms. The molecule has 0 unspecified atom stereocenters. The predicted molar refractivity (Wildman–Crippen MR) is 52.3 cm³/mol. The molecule has 0 aliphatic carbocycles. The van der Waals surface area contributed by atoms with Crippen molar-refractivity contribution in [3.05, 3.63) is 12.2 Å². The Hall–Kier alpha value is 0.170. The van der Waals surface area contributed by atoms with E-state index in [9.17, 15) is 4.79 Å². The van der Waals surface area contributed by atoms with Crippen molar-refractivity contribution < 1.29 is 9.53 Å². The predicted octanol–water partition coefficient (Wildman–Crippen LogP) is 2.26. The molecule has 0 bridgehead atoms. The first-order chi connectivity index (χ1) is 5.20. The van der Waals surface area contributed by atoms with Gasteiger partial charge in [-0.05, 0) is 6.92 Å². The van der Waals surface area contributed by atoms with E-state index in [-0.39, 0.29) is 10.8 Å². The lowest BCUT2D eigenvalue weighted by molar-refractivity contribution is -0.137. The molecule has 0 aromatic carbocycles. The van der Waals surface area contributed by atoms with Crippen molar-refractivity contribution in [1.82, 2.24) is 0 Å². The highest BCUT2D eigenvalue weighted by molar-refractivity contribution is 9.12. The van der Waals surface area contributed by atoms with E-state index in [1.165, 1.54) is 6.08 Å². The van der Waals surface area contributed by atoms with Crippen molar-refractivity contribution in [3.8, 4) is 0 Å². The number of esters is 1. The van der Waals surface area contributed by atoms with Gasteiger partial charge in [0.15, 0.2) is 0 Å². The summed E-state index contributed by atoms with van der Waals surface area (Å²) in [5.74, 6) is -0.294. The number of halogens is 2. The van der Waals surface area contributed by atoms with Crippen LogP contribution in [0.3, 0.4) is 0 Å². The normalized spacial score (nSPS) is 13.4. The van der Waals surface area contributed by atoms with Crippen LogP contribution in [0.4, 0.5) is 0 Å². The molecule has 2 nitrogen and oxygen atoms in total. The molecular weight excluding hydrogens is 276 g/mol. The topological polar surface area (TPSA) is 26.3 Å². The van der Waals surface area contributed by atoms with Crippen LogP contribution < -0.4 is 0 Å².